The van der Waals surface area contributed by atoms with Gasteiger partial charge in [0.1, 0.15) is 22.9 Å². The maximum absolute atomic E-state index is 12.2. The van der Waals surface area contributed by atoms with Gasteiger partial charge in [-0.2, -0.15) is 15.5 Å². The van der Waals surface area contributed by atoms with Crippen molar-refractivity contribution in [2.75, 3.05) is 114 Å². The fraction of sp³-hybridized carbons (Fsp3) is 0.305. The molecule has 0 radical (unpaired) electrons. The van der Waals surface area contributed by atoms with Crippen molar-refractivity contribution in [3.8, 4) is 40.3 Å². The largest absolute Gasteiger partial charge is 0.494 e. The fourth-order valence-electron chi connectivity index (χ4n) is 8.27. The molecule has 80 heavy (non-hydrogen) atoms. The number of rotatable bonds is 22. The Morgan fingerprint density at radius 3 is 1.32 bits per heavy atom. The van der Waals surface area contributed by atoms with Gasteiger partial charge in [-0.25, -0.2) is 19.9 Å². The minimum Gasteiger partial charge on any atom is -0.494 e. The topological polar surface area (TPSA) is 225 Å². The molecule has 0 aliphatic heterocycles. The number of hydrogen-bond acceptors (Lipinski definition) is 17. The van der Waals surface area contributed by atoms with Crippen molar-refractivity contribution >= 4 is 79.6 Å². The highest BCUT2D eigenvalue weighted by atomic mass is 16.5. The number of benzene rings is 4. The lowest BCUT2D eigenvalue weighted by atomic mass is 10.1. The summed E-state index contributed by atoms with van der Waals surface area (Å²) >= 11 is 0. The number of likely N-dealkylation sites (N-methyl/N-ethyl adjacent to an activating group) is 4. The van der Waals surface area contributed by atoms with Crippen LogP contribution >= 0.6 is 0 Å². The molecular formula is C59H75N17O4. The van der Waals surface area contributed by atoms with E-state index in [9.17, 15) is 9.59 Å². The Kier molecular flexibility index (Phi) is 22.6. The predicted octanol–water partition coefficient (Wildman–Crippen LogP) is 9.94. The van der Waals surface area contributed by atoms with E-state index in [0.29, 0.717) is 57.5 Å². The minimum atomic E-state index is -0.306. The molecule has 0 bridgehead atoms. The zero-order valence-corrected chi connectivity index (χ0v) is 47.0. The molecule has 4 aromatic heterocycles. The van der Waals surface area contributed by atoms with Crippen molar-refractivity contribution in [1.29, 1.82) is 5.26 Å². The van der Waals surface area contributed by atoms with Crippen LogP contribution in [0.15, 0.2) is 123 Å². The van der Waals surface area contributed by atoms with E-state index in [-0.39, 0.29) is 19.2 Å². The summed E-state index contributed by atoms with van der Waals surface area (Å²) in [5, 5.41) is 31.3. The monoisotopic (exact) mass is 1090 g/mol. The highest BCUT2D eigenvalue weighted by Crippen LogP contribution is 2.40. The number of para-hydroxylation sites is 2. The van der Waals surface area contributed by atoms with Crippen LogP contribution in [0.1, 0.15) is 28.2 Å². The summed E-state index contributed by atoms with van der Waals surface area (Å²) in [4.78, 5) is 51.2. The van der Waals surface area contributed by atoms with Crippen molar-refractivity contribution < 1.29 is 19.1 Å². The smallest absolute Gasteiger partial charge is 0.247 e. The molecule has 0 aliphatic carbocycles. The van der Waals surface area contributed by atoms with E-state index in [4.69, 9.17) is 34.9 Å². The zero-order valence-electron chi connectivity index (χ0n) is 47.0. The van der Waals surface area contributed by atoms with Gasteiger partial charge in [0.15, 0.2) is 0 Å². The lowest BCUT2D eigenvalue weighted by Crippen LogP contribution is -2.29. The lowest BCUT2D eigenvalue weighted by Gasteiger charge is -2.26. The Morgan fingerprint density at radius 1 is 0.613 bits per heavy atom. The minimum absolute atomic E-state index is 0. The summed E-state index contributed by atoms with van der Waals surface area (Å²) in [7, 11) is 15.2. The number of anilines is 8. The number of fused-ring (bicyclic) bond motifs is 2. The van der Waals surface area contributed by atoms with Crippen molar-refractivity contribution in [3.05, 3.63) is 123 Å². The molecule has 0 spiro atoms. The molecule has 0 atom stereocenters. The van der Waals surface area contributed by atoms with Crippen molar-refractivity contribution in [3.63, 3.8) is 0 Å². The Bertz CT molecular complexity index is 3220. The first kappa shape index (κ1) is 61.5. The maximum atomic E-state index is 12.2. The van der Waals surface area contributed by atoms with Gasteiger partial charge >= 0.3 is 0 Å². The number of nitrogens with zero attached hydrogens (tertiary/aromatic N) is 13. The number of nitrogens with one attached hydrogen (secondary N) is 4. The molecule has 4 heterocycles. The van der Waals surface area contributed by atoms with Gasteiger partial charge in [0.25, 0.3) is 0 Å². The standard InChI is InChI=1S/2C28H34N8O2.C2H3N.CH4/c2*1-7-26(37)30-21-17-22(25(38-6)18-24(21)35(5)16-15-34(3)4)32-28-29-14-13-20(31-28)27-19-11-9-10-12-23(19)36(8-2)33-27;1-2-3;/h2*7,9-14,17-18H,1,8,15-16H2,2-6H3,(H,30,37)(H,29,31,32);1H3;1H4. The van der Waals surface area contributed by atoms with Gasteiger partial charge in [-0.15, -0.1) is 0 Å². The highest BCUT2D eigenvalue weighted by Gasteiger charge is 2.21. The third-order valence-electron chi connectivity index (χ3n) is 12.3. The second kappa shape index (κ2) is 29.4. The Balaban J connectivity index is 0.000000277. The molecule has 0 aliphatic rings. The number of carbonyl (C=O) groups is 2. The van der Waals surface area contributed by atoms with Crippen molar-refractivity contribution in [1.82, 2.24) is 49.3 Å². The van der Waals surface area contributed by atoms with E-state index < -0.39 is 0 Å². The maximum Gasteiger partial charge on any atom is 0.247 e. The zero-order chi connectivity index (χ0) is 57.2. The normalized spacial score (nSPS) is 10.6. The third kappa shape index (κ3) is 15.4. The molecule has 8 rings (SSSR count). The van der Waals surface area contributed by atoms with Crippen LogP contribution < -0.4 is 40.5 Å². The quantitative estimate of drug-likeness (QED) is 0.0463. The van der Waals surface area contributed by atoms with E-state index in [0.717, 1.165) is 83.8 Å². The Morgan fingerprint density at radius 2 is 0.988 bits per heavy atom. The number of hydrogen-bond donors (Lipinski definition) is 4. The van der Waals surface area contributed by atoms with Crippen LogP contribution in [0, 0.1) is 11.3 Å². The number of aryl methyl sites for hydroxylation is 2. The summed E-state index contributed by atoms with van der Waals surface area (Å²) in [5.41, 5.74) is 9.16. The number of carbonyl (C=O) groups excluding carboxylic acids is 2. The van der Waals surface area contributed by atoms with E-state index in [1.165, 1.54) is 19.1 Å². The lowest BCUT2D eigenvalue weighted by molar-refractivity contribution is -0.112. The molecule has 0 saturated carbocycles. The Labute approximate surface area is 469 Å². The van der Waals surface area contributed by atoms with Crippen LogP contribution in [0.5, 0.6) is 11.5 Å². The van der Waals surface area contributed by atoms with Gasteiger partial charge in [-0.3, -0.25) is 19.0 Å². The van der Waals surface area contributed by atoms with Crippen molar-refractivity contribution in [2.24, 2.45) is 0 Å². The molecule has 420 valence electrons. The van der Waals surface area contributed by atoms with E-state index in [2.05, 4.69) is 90.0 Å². The van der Waals surface area contributed by atoms with Crippen LogP contribution in [-0.2, 0) is 22.7 Å². The summed E-state index contributed by atoms with van der Waals surface area (Å²) in [6, 6.07) is 29.0. The van der Waals surface area contributed by atoms with Crippen LogP contribution in [0.2, 0.25) is 0 Å². The number of aromatic nitrogens is 8. The third-order valence-corrected chi connectivity index (χ3v) is 12.3. The SMILES string of the molecule is C.C=CC(=O)Nc1cc(Nc2nccc(-c3nn(CC)c4ccccc34)n2)c(OC)cc1N(C)CCN(C)C.C=CC(=O)Nc1cc(Nc2nccc(-c3nn(CC)c4ccccc34)n2)c(OC)cc1N(C)CCN(C)C.CC#N. The Hall–Kier alpha value is -9.39. The second-order valence-corrected chi connectivity index (χ2v) is 18.3. The van der Waals surface area contributed by atoms with E-state index >= 15 is 0 Å². The average molecular weight is 1090 g/mol. The van der Waals surface area contributed by atoms with E-state index in [1.807, 2.05) is 124 Å². The van der Waals surface area contributed by atoms with Gasteiger partial charge < -0.3 is 50.3 Å². The van der Waals surface area contributed by atoms with Gasteiger partial charge in [-0.1, -0.05) is 57.0 Å². The number of methoxy groups -OCH3 is 2. The van der Waals surface area contributed by atoms with Gasteiger partial charge in [0.2, 0.25) is 23.7 Å². The fourth-order valence-corrected chi connectivity index (χ4v) is 8.27. The first-order chi connectivity index (χ1) is 38.1. The van der Waals surface area contributed by atoms with Gasteiger partial charge in [0.05, 0.1) is 76.8 Å². The number of ether oxygens (including phenoxy) is 2. The van der Waals surface area contributed by atoms with Gasteiger partial charge in [-0.05, 0) is 90.6 Å². The molecule has 0 unspecified atom stereocenters. The van der Waals surface area contributed by atoms with Crippen molar-refractivity contribution in [2.45, 2.75) is 41.3 Å². The van der Waals surface area contributed by atoms with Crippen LogP contribution in [0.4, 0.5) is 46.0 Å². The molecule has 4 N–H and O–H groups in total. The summed E-state index contributed by atoms with van der Waals surface area (Å²) in [5.74, 6) is 1.32. The van der Waals surface area contributed by atoms with Crippen LogP contribution in [0.25, 0.3) is 44.6 Å². The molecule has 4 aromatic carbocycles. The molecule has 8 aromatic rings. The number of nitriles is 1. The summed E-state index contributed by atoms with van der Waals surface area (Å²) < 4.78 is 15.3. The summed E-state index contributed by atoms with van der Waals surface area (Å²) in [6.07, 6.45) is 5.88. The molecule has 21 nitrogen and oxygen atoms in total. The molecular weight excluding hydrogens is 1010 g/mol. The van der Waals surface area contributed by atoms with Crippen LogP contribution in [0.3, 0.4) is 0 Å². The second-order valence-electron chi connectivity index (χ2n) is 18.3. The van der Waals surface area contributed by atoms with Gasteiger partial charge in [0, 0.05) is 95.6 Å². The average Bonchev–Trinajstić information content (AvgIpc) is 4.15. The molecule has 21 heteroatoms. The first-order valence-corrected chi connectivity index (χ1v) is 25.6. The predicted molar refractivity (Wildman–Crippen MR) is 325 cm³/mol. The summed E-state index contributed by atoms with van der Waals surface area (Å²) in [6.45, 7) is 17.4. The molecule has 0 fully saturated rings. The molecule has 0 saturated heterocycles. The molecule has 2 amide bonds. The highest BCUT2D eigenvalue weighted by molar-refractivity contribution is 6.03. The van der Waals surface area contributed by atoms with Crippen LogP contribution in [-0.4, -0.2) is 144 Å². The first-order valence-electron chi connectivity index (χ1n) is 25.6. The number of amides is 2. The van der Waals surface area contributed by atoms with E-state index in [1.54, 1.807) is 32.7 Å².